The van der Waals surface area contributed by atoms with Crippen molar-refractivity contribution in [2.75, 3.05) is 47.6 Å². The Labute approximate surface area is 101 Å². The Kier molecular flexibility index (Phi) is 8.71. The molecule has 9 heteroatoms. The number of nitroso groups, excluding NO2 is 1. The summed E-state index contributed by atoms with van der Waals surface area (Å²) in [4.78, 5) is 21.8. The first-order valence-corrected chi connectivity index (χ1v) is 6.51. The van der Waals surface area contributed by atoms with Gasteiger partial charge >= 0.3 is 8.17 Å². The predicted molar refractivity (Wildman–Crippen MR) is 63.3 cm³/mol. The fourth-order valence-corrected chi connectivity index (χ4v) is 1.74. The molecule has 102 valence electrons. The molecule has 0 amide bonds. The summed E-state index contributed by atoms with van der Waals surface area (Å²) in [5.41, 5.74) is 0. The van der Waals surface area contributed by atoms with E-state index in [-0.39, 0.29) is 13.2 Å². The fourth-order valence-electron chi connectivity index (χ4n) is 0.778. The van der Waals surface area contributed by atoms with E-state index in [0.717, 1.165) is 0 Å². The molecule has 0 aromatic heterocycles. The summed E-state index contributed by atoms with van der Waals surface area (Å²) in [6, 6.07) is -0.936. The largest absolute Gasteiger partial charge is 0.572 e. The third-order valence-corrected chi connectivity index (χ3v) is 3.26. The maximum atomic E-state index is 10.2. The van der Waals surface area contributed by atoms with E-state index in [1.165, 1.54) is 7.11 Å². The van der Waals surface area contributed by atoms with Crippen LogP contribution in [-0.4, -0.2) is 68.5 Å². The summed E-state index contributed by atoms with van der Waals surface area (Å²) in [7, 11) is 1.53. The molecule has 0 aliphatic rings. The van der Waals surface area contributed by atoms with Crippen molar-refractivity contribution in [3.63, 3.8) is 0 Å². The first-order valence-electron chi connectivity index (χ1n) is 5.02. The number of hydrogen-bond donors (Lipinski definition) is 2. The lowest BCUT2D eigenvalue weighted by molar-refractivity contribution is 0.0819. The Balaban J connectivity index is 4.03. The Morgan fingerprint density at radius 2 is 2.06 bits per heavy atom. The number of rotatable bonds is 10. The first kappa shape index (κ1) is 16.8. The highest BCUT2D eigenvalue weighted by molar-refractivity contribution is 7.55. The highest BCUT2D eigenvalue weighted by Crippen LogP contribution is 2.57. The van der Waals surface area contributed by atoms with E-state index in [2.05, 4.69) is 5.18 Å². The van der Waals surface area contributed by atoms with E-state index in [1.807, 2.05) is 19.0 Å². The van der Waals surface area contributed by atoms with Crippen LogP contribution in [0.4, 0.5) is 0 Å². The standard InChI is InChI=1S/C8H20N2O6P/c1-10(2)4-5-15-17(13,14-3)16-7-8(6-11)9-12/h8,11,13H,4-7H2,1-3H3/q+1. The van der Waals surface area contributed by atoms with Gasteiger partial charge < -0.3 is 10.0 Å². The van der Waals surface area contributed by atoms with Gasteiger partial charge in [-0.2, -0.15) is 23.4 Å². The van der Waals surface area contributed by atoms with Gasteiger partial charge in [-0.25, -0.2) is 0 Å². The normalized spacial score (nSPS) is 16.8. The maximum Gasteiger partial charge on any atom is 0.572 e. The number of nitrogens with zero attached hydrogens (tertiary/aromatic N) is 2. The van der Waals surface area contributed by atoms with Crippen LogP contribution in [0.1, 0.15) is 0 Å². The fraction of sp³-hybridized carbons (Fsp3) is 1.00. The molecule has 8 nitrogen and oxygen atoms in total. The van der Waals surface area contributed by atoms with Crippen molar-refractivity contribution in [3.8, 4) is 0 Å². The minimum Gasteiger partial charge on any atom is -0.394 e. The summed E-state index contributed by atoms with van der Waals surface area (Å²) < 4.78 is 14.8. The highest BCUT2D eigenvalue weighted by Gasteiger charge is 2.44. The number of aliphatic hydroxyl groups is 1. The van der Waals surface area contributed by atoms with Gasteiger partial charge in [-0.1, -0.05) is 5.18 Å². The van der Waals surface area contributed by atoms with Gasteiger partial charge in [0.05, 0.1) is 13.7 Å². The minimum atomic E-state index is -3.42. The van der Waals surface area contributed by atoms with E-state index in [1.54, 1.807) is 0 Å². The van der Waals surface area contributed by atoms with E-state index in [9.17, 15) is 9.80 Å². The van der Waals surface area contributed by atoms with Crippen LogP contribution in [0.25, 0.3) is 0 Å². The zero-order valence-electron chi connectivity index (χ0n) is 10.3. The molecule has 0 spiro atoms. The molecular formula is C8H20N2O6P+. The van der Waals surface area contributed by atoms with Crippen LogP contribution in [0.3, 0.4) is 0 Å². The van der Waals surface area contributed by atoms with Crippen LogP contribution in [0.15, 0.2) is 5.18 Å². The molecule has 2 N–H and O–H groups in total. The number of likely N-dealkylation sites (N-methyl/N-ethyl adjacent to an activating group) is 1. The molecular weight excluding hydrogens is 251 g/mol. The van der Waals surface area contributed by atoms with E-state index in [4.69, 9.17) is 18.7 Å². The average molecular weight is 271 g/mol. The van der Waals surface area contributed by atoms with Crippen molar-refractivity contribution in [1.29, 1.82) is 0 Å². The van der Waals surface area contributed by atoms with Crippen molar-refractivity contribution in [2.24, 2.45) is 5.18 Å². The Hall–Kier alpha value is -0.210. The van der Waals surface area contributed by atoms with Gasteiger partial charge in [-0.3, -0.25) is 0 Å². The lowest BCUT2D eigenvalue weighted by Gasteiger charge is -2.15. The van der Waals surface area contributed by atoms with Gasteiger partial charge in [-0.15, -0.1) is 0 Å². The lowest BCUT2D eigenvalue weighted by Crippen LogP contribution is -2.21. The topological polar surface area (TPSA) is 101 Å². The molecule has 2 atom stereocenters. The van der Waals surface area contributed by atoms with E-state index >= 15 is 0 Å². The molecule has 0 aliphatic heterocycles. The zero-order chi connectivity index (χ0) is 13.3. The van der Waals surface area contributed by atoms with Crippen LogP contribution in [0, 0.1) is 4.91 Å². The van der Waals surface area contributed by atoms with Crippen LogP contribution in [0.5, 0.6) is 0 Å². The van der Waals surface area contributed by atoms with E-state index in [0.29, 0.717) is 6.54 Å². The second-order valence-electron chi connectivity index (χ2n) is 3.53. The minimum absolute atomic E-state index is 0.226. The van der Waals surface area contributed by atoms with Crippen molar-refractivity contribution < 1.29 is 23.6 Å². The summed E-state index contributed by atoms with van der Waals surface area (Å²) >= 11 is 0. The summed E-state index contributed by atoms with van der Waals surface area (Å²) in [6.07, 6.45) is 0. The van der Waals surface area contributed by atoms with Gasteiger partial charge in [-0.05, 0) is 14.1 Å². The summed E-state index contributed by atoms with van der Waals surface area (Å²) in [5, 5.41) is 11.3. The van der Waals surface area contributed by atoms with Gasteiger partial charge in [0, 0.05) is 6.54 Å². The predicted octanol–water partition coefficient (Wildman–Crippen LogP) is 0.0248. The van der Waals surface area contributed by atoms with Crippen LogP contribution in [0.2, 0.25) is 0 Å². The first-order chi connectivity index (χ1) is 7.97. The van der Waals surface area contributed by atoms with Gasteiger partial charge in [0.2, 0.25) is 0 Å². The summed E-state index contributed by atoms with van der Waals surface area (Å²) in [6.45, 7) is 0.110. The molecule has 0 saturated heterocycles. The molecule has 0 saturated carbocycles. The molecule has 0 rings (SSSR count). The molecule has 0 fully saturated rings. The smallest absolute Gasteiger partial charge is 0.394 e. The highest BCUT2D eigenvalue weighted by atomic mass is 31.2. The molecule has 0 aromatic carbocycles. The van der Waals surface area contributed by atoms with Crippen molar-refractivity contribution in [1.82, 2.24) is 4.90 Å². The molecule has 0 aliphatic carbocycles. The third kappa shape index (κ3) is 7.67. The zero-order valence-corrected chi connectivity index (χ0v) is 11.2. The number of aliphatic hydroxyl groups excluding tert-OH is 1. The van der Waals surface area contributed by atoms with Gasteiger partial charge in [0.15, 0.2) is 0 Å². The monoisotopic (exact) mass is 271 g/mol. The van der Waals surface area contributed by atoms with Crippen LogP contribution in [-0.2, 0) is 13.6 Å². The molecule has 17 heavy (non-hydrogen) atoms. The Bertz CT molecular complexity index is 220. The second kappa shape index (κ2) is 8.82. The Morgan fingerprint density at radius 3 is 2.47 bits per heavy atom. The molecule has 0 bridgehead atoms. The Morgan fingerprint density at radius 1 is 1.41 bits per heavy atom. The third-order valence-electron chi connectivity index (χ3n) is 1.81. The average Bonchev–Trinajstić information content (AvgIpc) is 2.30. The quantitative estimate of drug-likeness (QED) is 0.427. The van der Waals surface area contributed by atoms with Crippen molar-refractivity contribution in [3.05, 3.63) is 4.91 Å². The lowest BCUT2D eigenvalue weighted by atomic mass is 10.4. The van der Waals surface area contributed by atoms with Crippen molar-refractivity contribution >= 4 is 8.17 Å². The van der Waals surface area contributed by atoms with Crippen LogP contribution < -0.4 is 0 Å². The molecule has 0 heterocycles. The molecule has 2 unspecified atom stereocenters. The molecule has 0 aromatic rings. The molecule has 0 radical (unpaired) electrons. The van der Waals surface area contributed by atoms with E-state index < -0.39 is 20.8 Å². The van der Waals surface area contributed by atoms with Gasteiger partial charge in [0.25, 0.3) is 0 Å². The maximum absolute atomic E-state index is 10.2. The van der Waals surface area contributed by atoms with Gasteiger partial charge in [0.1, 0.15) is 19.3 Å². The van der Waals surface area contributed by atoms with Crippen LogP contribution >= 0.6 is 8.17 Å². The van der Waals surface area contributed by atoms with Crippen molar-refractivity contribution in [2.45, 2.75) is 6.04 Å². The second-order valence-corrected chi connectivity index (χ2v) is 5.34. The number of hydrogen-bond acceptors (Lipinski definition) is 8. The summed E-state index contributed by atoms with van der Waals surface area (Å²) in [5.74, 6) is 0. The SMILES string of the molecule is CO[P+](O)(OCCN(C)C)OCC(CO)N=O.